The molecular formula is C30H52Cl2N2O2. The number of aromatic hydroxyl groups is 1. The standard InChI is InChI=1S/C30H52Cl2N2O2/c1-5-9-13-17-21-33(22-18-14-10-6-2)27-26(32)30-28(25(31)29(27)35)34(23-19-15-11-7-3)24(36-30)20-16-12-8-4/h24,35H,5-23H2,1-4H3/t24-/m0/s1. The zero-order valence-electron chi connectivity index (χ0n) is 23.5. The van der Waals surface area contributed by atoms with E-state index in [1.807, 2.05) is 0 Å². The highest BCUT2D eigenvalue weighted by atomic mass is 35.5. The maximum Gasteiger partial charge on any atom is 0.172 e. The molecule has 0 radical (unpaired) electrons. The van der Waals surface area contributed by atoms with Gasteiger partial charge >= 0.3 is 0 Å². The molecule has 6 heteroatoms. The number of hydrogen-bond donors (Lipinski definition) is 1. The monoisotopic (exact) mass is 542 g/mol. The van der Waals surface area contributed by atoms with E-state index in [0.29, 0.717) is 21.5 Å². The summed E-state index contributed by atoms with van der Waals surface area (Å²) < 4.78 is 6.54. The predicted molar refractivity (Wildman–Crippen MR) is 159 cm³/mol. The highest BCUT2D eigenvalue weighted by molar-refractivity contribution is 6.40. The van der Waals surface area contributed by atoms with Gasteiger partial charge in [0.05, 0.1) is 0 Å². The first kappa shape index (κ1) is 31.2. The van der Waals surface area contributed by atoms with Crippen LogP contribution >= 0.6 is 23.2 Å². The first-order valence-electron chi connectivity index (χ1n) is 14.9. The molecule has 0 saturated heterocycles. The summed E-state index contributed by atoms with van der Waals surface area (Å²) in [5.41, 5.74) is 1.45. The predicted octanol–water partition coefficient (Wildman–Crippen LogP) is 10.4. The van der Waals surface area contributed by atoms with Crippen molar-refractivity contribution < 1.29 is 9.84 Å². The topological polar surface area (TPSA) is 35.9 Å². The number of phenolic OH excluding ortho intramolecular Hbond substituents is 1. The Balaban J connectivity index is 2.36. The largest absolute Gasteiger partial charge is 0.504 e. The van der Waals surface area contributed by atoms with Gasteiger partial charge in [-0.15, -0.1) is 0 Å². The second-order valence-corrected chi connectivity index (χ2v) is 11.2. The number of unbranched alkanes of at least 4 members (excludes halogenated alkanes) is 11. The molecule has 0 aromatic heterocycles. The quantitative estimate of drug-likeness (QED) is 0.166. The number of rotatable bonds is 20. The number of phenols is 1. The molecule has 0 amide bonds. The Kier molecular flexibility index (Phi) is 15.2. The van der Waals surface area contributed by atoms with Gasteiger partial charge in [-0.3, -0.25) is 0 Å². The summed E-state index contributed by atoms with van der Waals surface area (Å²) in [7, 11) is 0. The normalized spacial score (nSPS) is 14.8. The minimum atomic E-state index is -0.0691. The van der Waals surface area contributed by atoms with Gasteiger partial charge in [0.2, 0.25) is 0 Å². The van der Waals surface area contributed by atoms with Gasteiger partial charge in [-0.25, -0.2) is 0 Å². The van der Waals surface area contributed by atoms with Crippen molar-refractivity contribution in [2.45, 2.75) is 137 Å². The van der Waals surface area contributed by atoms with Crippen molar-refractivity contribution in [3.8, 4) is 11.5 Å². The van der Waals surface area contributed by atoms with Gasteiger partial charge in [0.1, 0.15) is 21.4 Å². The Bertz CT molecular complexity index is 744. The van der Waals surface area contributed by atoms with Crippen LogP contribution in [0.4, 0.5) is 11.4 Å². The molecule has 1 N–H and O–H groups in total. The summed E-state index contributed by atoms with van der Waals surface area (Å²) in [5, 5.41) is 12.3. The van der Waals surface area contributed by atoms with Gasteiger partial charge in [-0.2, -0.15) is 0 Å². The molecule has 0 unspecified atom stereocenters. The van der Waals surface area contributed by atoms with Crippen LogP contribution in [0.25, 0.3) is 0 Å². The Morgan fingerprint density at radius 1 is 0.722 bits per heavy atom. The number of hydrogen-bond acceptors (Lipinski definition) is 4. The van der Waals surface area contributed by atoms with Crippen molar-refractivity contribution >= 4 is 34.6 Å². The number of halogens is 2. The van der Waals surface area contributed by atoms with E-state index in [2.05, 4.69) is 37.5 Å². The number of anilines is 2. The Hall–Kier alpha value is -1.00. The molecule has 4 nitrogen and oxygen atoms in total. The Labute approximate surface area is 231 Å². The zero-order chi connectivity index (χ0) is 26.3. The minimum Gasteiger partial charge on any atom is -0.504 e. The molecule has 0 fully saturated rings. The second-order valence-electron chi connectivity index (χ2n) is 10.4. The van der Waals surface area contributed by atoms with Gasteiger partial charge in [-0.05, 0) is 25.7 Å². The SMILES string of the molecule is CCCCCCN(CCCCCC)c1c(O)c(Cl)c2c(c1Cl)O[C@@H](CCCCC)N2CCCCCC. The summed E-state index contributed by atoms with van der Waals surface area (Å²) in [6.07, 6.45) is 18.4. The zero-order valence-corrected chi connectivity index (χ0v) is 25.0. The van der Waals surface area contributed by atoms with Crippen LogP contribution in [0.3, 0.4) is 0 Å². The molecule has 0 saturated carbocycles. The lowest BCUT2D eigenvalue weighted by Gasteiger charge is -2.29. The molecular weight excluding hydrogens is 491 g/mol. The van der Waals surface area contributed by atoms with E-state index in [-0.39, 0.29) is 12.0 Å². The number of ether oxygens (including phenoxy) is 1. The first-order chi connectivity index (χ1) is 17.5. The van der Waals surface area contributed by atoms with E-state index in [9.17, 15) is 5.11 Å². The maximum atomic E-state index is 11.4. The third-order valence-corrected chi connectivity index (χ3v) is 8.05. The van der Waals surface area contributed by atoms with Crippen molar-refractivity contribution in [1.82, 2.24) is 0 Å². The van der Waals surface area contributed by atoms with Crippen LogP contribution in [0.2, 0.25) is 10.0 Å². The summed E-state index contributed by atoms with van der Waals surface area (Å²) in [4.78, 5) is 4.53. The molecule has 36 heavy (non-hydrogen) atoms. The van der Waals surface area contributed by atoms with Gasteiger partial charge < -0.3 is 19.6 Å². The van der Waals surface area contributed by atoms with E-state index < -0.39 is 0 Å². The lowest BCUT2D eigenvalue weighted by molar-refractivity contribution is 0.207. The molecule has 0 bridgehead atoms. The third kappa shape index (κ3) is 8.79. The summed E-state index contributed by atoms with van der Waals surface area (Å²) in [5.74, 6) is 0.779. The van der Waals surface area contributed by atoms with Crippen molar-refractivity contribution in [2.24, 2.45) is 0 Å². The van der Waals surface area contributed by atoms with Gasteiger partial charge in [0, 0.05) is 26.1 Å². The molecule has 208 valence electrons. The molecule has 2 rings (SSSR count). The Morgan fingerprint density at radius 3 is 1.81 bits per heavy atom. The fourth-order valence-electron chi connectivity index (χ4n) is 5.17. The second kappa shape index (κ2) is 17.5. The maximum absolute atomic E-state index is 11.4. The lowest BCUT2D eigenvalue weighted by atomic mass is 10.1. The van der Waals surface area contributed by atoms with Crippen LogP contribution in [-0.4, -0.2) is 31.0 Å². The third-order valence-electron chi connectivity index (χ3n) is 7.34. The summed E-state index contributed by atoms with van der Waals surface area (Å²) in [6, 6.07) is 0. The van der Waals surface area contributed by atoms with Crippen LogP contribution < -0.4 is 14.5 Å². The highest BCUT2D eigenvalue weighted by Gasteiger charge is 2.38. The molecule has 1 aliphatic rings. The van der Waals surface area contributed by atoms with Crippen LogP contribution in [0.1, 0.15) is 130 Å². The van der Waals surface area contributed by atoms with Crippen molar-refractivity contribution in [2.75, 3.05) is 29.4 Å². The van der Waals surface area contributed by atoms with Gasteiger partial charge in [-0.1, -0.05) is 122 Å². The van der Waals surface area contributed by atoms with Gasteiger partial charge in [0.15, 0.2) is 17.7 Å². The average Bonchev–Trinajstić information content (AvgIpc) is 3.24. The first-order valence-corrected chi connectivity index (χ1v) is 15.7. The van der Waals surface area contributed by atoms with Crippen molar-refractivity contribution in [3.05, 3.63) is 10.0 Å². The molecule has 1 aliphatic heterocycles. The van der Waals surface area contributed by atoms with E-state index in [1.54, 1.807) is 0 Å². The smallest absolute Gasteiger partial charge is 0.172 e. The molecule has 1 aromatic rings. The Morgan fingerprint density at radius 2 is 1.25 bits per heavy atom. The molecule has 1 atom stereocenters. The van der Waals surface area contributed by atoms with Crippen molar-refractivity contribution in [1.29, 1.82) is 0 Å². The van der Waals surface area contributed by atoms with Crippen LogP contribution in [0, 0.1) is 0 Å². The molecule has 1 heterocycles. The summed E-state index contributed by atoms with van der Waals surface area (Å²) in [6.45, 7) is 11.5. The average molecular weight is 544 g/mol. The van der Waals surface area contributed by atoms with Gasteiger partial charge in [0.25, 0.3) is 0 Å². The molecule has 0 spiro atoms. The van der Waals surface area contributed by atoms with E-state index >= 15 is 0 Å². The fourth-order valence-corrected chi connectivity index (χ4v) is 5.80. The number of benzene rings is 1. The highest BCUT2D eigenvalue weighted by Crippen LogP contribution is 2.57. The van der Waals surface area contributed by atoms with E-state index in [0.717, 1.165) is 57.4 Å². The lowest BCUT2D eigenvalue weighted by Crippen LogP contribution is -2.35. The molecule has 0 aliphatic carbocycles. The van der Waals surface area contributed by atoms with Crippen molar-refractivity contribution in [3.63, 3.8) is 0 Å². The van der Waals surface area contributed by atoms with Crippen LogP contribution in [0.5, 0.6) is 11.5 Å². The van der Waals surface area contributed by atoms with Crippen LogP contribution in [-0.2, 0) is 0 Å². The fraction of sp³-hybridized carbons (Fsp3) is 0.800. The van der Waals surface area contributed by atoms with E-state index in [1.165, 1.54) is 70.6 Å². The molecule has 1 aromatic carbocycles. The number of fused-ring (bicyclic) bond motifs is 1. The summed E-state index contributed by atoms with van der Waals surface area (Å²) >= 11 is 14.0. The minimum absolute atomic E-state index is 0.0691. The number of nitrogens with zero attached hydrogens (tertiary/aromatic N) is 2. The van der Waals surface area contributed by atoms with Crippen LogP contribution in [0.15, 0.2) is 0 Å². The van der Waals surface area contributed by atoms with E-state index in [4.69, 9.17) is 27.9 Å².